The van der Waals surface area contributed by atoms with Gasteiger partial charge in [-0.2, -0.15) is 5.21 Å². The zero-order valence-electron chi connectivity index (χ0n) is 28.8. The van der Waals surface area contributed by atoms with Crippen molar-refractivity contribution in [3.8, 4) is 0 Å². The molecule has 0 spiro atoms. The van der Waals surface area contributed by atoms with Gasteiger partial charge in [-0.25, -0.2) is 8.42 Å². The van der Waals surface area contributed by atoms with Crippen LogP contribution in [-0.4, -0.2) is 75.6 Å². The summed E-state index contributed by atoms with van der Waals surface area (Å²) in [7, 11) is -3.41. The van der Waals surface area contributed by atoms with Gasteiger partial charge in [0.2, 0.25) is 5.91 Å². The molecule has 0 bridgehead atoms. The van der Waals surface area contributed by atoms with E-state index >= 15 is 0 Å². The van der Waals surface area contributed by atoms with Crippen molar-refractivity contribution in [1.29, 1.82) is 0 Å². The van der Waals surface area contributed by atoms with Crippen LogP contribution >= 0.6 is 0 Å². The van der Waals surface area contributed by atoms with Crippen molar-refractivity contribution in [3.63, 3.8) is 0 Å². The van der Waals surface area contributed by atoms with Crippen LogP contribution in [0.3, 0.4) is 0 Å². The molecular weight excluding hydrogens is 622 g/mol. The zero-order chi connectivity index (χ0) is 34.6. The molecule has 1 rings (SSSR count). The molecule has 0 radical (unpaired) electrons. The van der Waals surface area contributed by atoms with Crippen molar-refractivity contribution in [2.75, 3.05) is 18.1 Å². The molecule has 0 unspecified atom stereocenters. The highest BCUT2D eigenvalue weighted by Gasteiger charge is 2.16. The molecule has 0 saturated heterocycles. The average Bonchev–Trinajstić information content (AvgIpc) is 3.54. The normalized spacial score (nSPS) is 12.2. The number of tetrazole rings is 1. The second-order valence-electron chi connectivity index (χ2n) is 13.0. The van der Waals surface area contributed by atoms with Gasteiger partial charge in [0.1, 0.15) is 17.3 Å². The molecule has 1 heterocycles. The highest BCUT2D eigenvalue weighted by Crippen LogP contribution is 2.15. The number of aliphatic carboxylic acids is 1. The predicted octanol–water partition coefficient (Wildman–Crippen LogP) is 6.10. The predicted molar refractivity (Wildman–Crippen MR) is 183 cm³/mol. The fourth-order valence-electron chi connectivity index (χ4n) is 5.54. The summed E-state index contributed by atoms with van der Waals surface area (Å²) < 4.78 is 24.7. The number of nitrogens with zero attached hydrogens (tertiary/aromatic N) is 3. The molecular formula is C34H61N5O7S. The first-order chi connectivity index (χ1) is 22.6. The number of nitrogens with one attached hydrogen (secondary N) is 2. The van der Waals surface area contributed by atoms with E-state index in [2.05, 4.69) is 25.9 Å². The summed E-state index contributed by atoms with van der Waals surface area (Å²) in [5.74, 6) is -1.07. The van der Waals surface area contributed by atoms with E-state index in [0.29, 0.717) is 45.1 Å². The molecule has 270 valence electrons. The Hall–Kier alpha value is -2.70. The van der Waals surface area contributed by atoms with Gasteiger partial charge < -0.3 is 10.4 Å². The van der Waals surface area contributed by atoms with Gasteiger partial charge in [-0.1, -0.05) is 95.6 Å². The number of carbonyl (C=O) groups excluding carboxylic acids is 3. The Morgan fingerprint density at radius 3 is 1.89 bits per heavy atom. The minimum Gasteiger partial charge on any atom is -0.481 e. The number of hydrogen-bond donors (Lipinski definition) is 3. The SMILES string of the molecule is C[C@@H](CCCCNC(=O)CCCCCS(=O)(=O)CC(=O)CCCCCCCCCCCCCCCc1nn[nH]n1)C(=O)CCC(=O)O. The highest BCUT2D eigenvalue weighted by molar-refractivity contribution is 7.92. The monoisotopic (exact) mass is 683 g/mol. The van der Waals surface area contributed by atoms with E-state index in [4.69, 9.17) is 5.11 Å². The lowest BCUT2D eigenvalue weighted by atomic mass is 9.96. The van der Waals surface area contributed by atoms with E-state index in [0.717, 1.165) is 50.8 Å². The number of ketones is 2. The third-order valence-corrected chi connectivity index (χ3v) is 10.2. The van der Waals surface area contributed by atoms with E-state index in [1.165, 1.54) is 57.8 Å². The summed E-state index contributed by atoms with van der Waals surface area (Å²) >= 11 is 0. The van der Waals surface area contributed by atoms with E-state index in [1.54, 1.807) is 6.92 Å². The molecule has 0 aliphatic carbocycles. The topological polar surface area (TPSA) is 189 Å². The lowest BCUT2D eigenvalue weighted by Crippen LogP contribution is -2.24. The van der Waals surface area contributed by atoms with Crippen molar-refractivity contribution in [2.45, 2.75) is 161 Å². The number of sulfone groups is 1. The van der Waals surface area contributed by atoms with Gasteiger partial charge >= 0.3 is 5.97 Å². The molecule has 1 aromatic heterocycles. The van der Waals surface area contributed by atoms with Crippen LogP contribution < -0.4 is 5.32 Å². The largest absolute Gasteiger partial charge is 0.481 e. The van der Waals surface area contributed by atoms with Crippen molar-refractivity contribution >= 4 is 33.3 Å². The highest BCUT2D eigenvalue weighted by atomic mass is 32.2. The van der Waals surface area contributed by atoms with Crippen molar-refractivity contribution in [3.05, 3.63) is 5.82 Å². The Morgan fingerprint density at radius 2 is 1.30 bits per heavy atom. The molecule has 0 saturated carbocycles. The van der Waals surface area contributed by atoms with Gasteiger partial charge in [-0.15, -0.1) is 10.2 Å². The van der Waals surface area contributed by atoms with Crippen LogP contribution in [0.5, 0.6) is 0 Å². The summed E-state index contributed by atoms with van der Waals surface area (Å²) in [6, 6.07) is 0. The molecule has 0 fully saturated rings. The Kier molecular flexibility index (Phi) is 24.6. The molecule has 3 N–H and O–H groups in total. The van der Waals surface area contributed by atoms with Gasteiger partial charge in [0.25, 0.3) is 0 Å². The fourth-order valence-corrected chi connectivity index (χ4v) is 6.96. The van der Waals surface area contributed by atoms with Crippen molar-refractivity contribution < 1.29 is 32.7 Å². The van der Waals surface area contributed by atoms with Crippen LogP contribution in [0, 0.1) is 5.92 Å². The Bertz CT molecular complexity index is 1100. The first kappa shape index (κ1) is 42.3. The number of aryl methyl sites for hydroxylation is 1. The third-order valence-electron chi connectivity index (χ3n) is 8.51. The maximum absolute atomic E-state index is 12.3. The van der Waals surface area contributed by atoms with Gasteiger partial charge in [0.15, 0.2) is 15.7 Å². The average molecular weight is 684 g/mol. The summed E-state index contributed by atoms with van der Waals surface area (Å²) in [5, 5.41) is 25.5. The molecule has 1 amide bonds. The number of H-pyrrole nitrogens is 1. The third kappa shape index (κ3) is 26.0. The van der Waals surface area contributed by atoms with E-state index in [1.807, 2.05) is 0 Å². The minimum absolute atomic E-state index is 0.0226. The Labute approximate surface area is 282 Å². The Morgan fingerprint density at radius 1 is 0.723 bits per heavy atom. The first-order valence-electron chi connectivity index (χ1n) is 18.0. The molecule has 0 aromatic carbocycles. The summed E-state index contributed by atoms with van der Waals surface area (Å²) in [4.78, 5) is 46.7. The molecule has 1 atom stereocenters. The molecule has 12 nitrogen and oxygen atoms in total. The second kappa shape index (κ2) is 27.3. The lowest BCUT2D eigenvalue weighted by Gasteiger charge is -2.10. The maximum Gasteiger partial charge on any atom is 0.303 e. The second-order valence-corrected chi connectivity index (χ2v) is 15.2. The first-order valence-corrected chi connectivity index (χ1v) is 19.9. The number of aromatic amines is 1. The number of carboxylic acids is 1. The number of aromatic nitrogens is 4. The maximum atomic E-state index is 12.3. The molecule has 0 aliphatic heterocycles. The van der Waals surface area contributed by atoms with Crippen molar-refractivity contribution in [1.82, 2.24) is 25.9 Å². The van der Waals surface area contributed by atoms with Crippen LogP contribution in [0.25, 0.3) is 0 Å². The Balaban J connectivity index is 1.89. The quantitative estimate of drug-likeness (QED) is 0.0730. The molecule has 47 heavy (non-hydrogen) atoms. The van der Waals surface area contributed by atoms with Crippen LogP contribution in [0.15, 0.2) is 0 Å². The number of Topliss-reactive ketones (excluding diaryl/α,β-unsaturated/α-hetero) is 2. The fraction of sp³-hybridized carbons (Fsp3) is 0.853. The van der Waals surface area contributed by atoms with Gasteiger partial charge in [-0.05, 0) is 38.5 Å². The number of carbonyl (C=O) groups is 4. The minimum atomic E-state index is -3.41. The van der Waals surface area contributed by atoms with E-state index in [9.17, 15) is 27.6 Å². The van der Waals surface area contributed by atoms with Crippen LogP contribution in [0.1, 0.15) is 160 Å². The molecule has 1 aromatic rings. The van der Waals surface area contributed by atoms with Crippen LogP contribution in [0.4, 0.5) is 0 Å². The number of unbranched alkanes of at least 4 members (excludes halogenated alkanes) is 15. The molecule has 0 aliphatic rings. The lowest BCUT2D eigenvalue weighted by molar-refractivity contribution is -0.139. The number of rotatable bonds is 33. The van der Waals surface area contributed by atoms with Gasteiger partial charge in [0.05, 0.1) is 12.2 Å². The molecule has 13 heteroatoms. The van der Waals surface area contributed by atoms with Gasteiger partial charge in [0, 0.05) is 38.1 Å². The van der Waals surface area contributed by atoms with Crippen LogP contribution in [-0.2, 0) is 35.4 Å². The summed E-state index contributed by atoms with van der Waals surface area (Å²) in [6.07, 6.45) is 20.4. The number of carboxylic acid groups (broad SMARTS) is 1. The zero-order valence-corrected chi connectivity index (χ0v) is 29.6. The standard InChI is InChI=1S/C34H61N5O7S/c1-29(31(41)24-25-34(43)44)20-17-18-26-35-33(42)23-16-13-19-27-47(45,46)28-30(40)21-14-11-9-7-5-3-2-4-6-8-10-12-15-22-32-36-38-39-37-32/h29H,2-28H2,1H3,(H,35,42)(H,43,44)(H,36,37,38,39)/t29-/m0/s1. The van der Waals surface area contributed by atoms with Crippen molar-refractivity contribution in [2.24, 2.45) is 5.92 Å². The van der Waals surface area contributed by atoms with Gasteiger partial charge in [-0.3, -0.25) is 19.2 Å². The van der Waals surface area contributed by atoms with E-state index < -0.39 is 15.8 Å². The smallest absolute Gasteiger partial charge is 0.303 e. The summed E-state index contributed by atoms with van der Waals surface area (Å²) in [5.41, 5.74) is 0. The van der Waals surface area contributed by atoms with E-state index in [-0.39, 0.29) is 47.7 Å². The summed E-state index contributed by atoms with van der Waals surface area (Å²) in [6.45, 7) is 2.31. The van der Waals surface area contributed by atoms with Crippen LogP contribution in [0.2, 0.25) is 0 Å². The number of hydrogen-bond acceptors (Lipinski definition) is 9. The number of amides is 1.